The number of hydrogen-bond donors (Lipinski definition) is 0. The maximum Gasteiger partial charge on any atom is 0.321 e. The molecule has 6 nitrogen and oxygen atoms in total. The van der Waals surface area contributed by atoms with Crippen molar-refractivity contribution >= 4 is 16.0 Å². The summed E-state index contributed by atoms with van der Waals surface area (Å²) in [6.45, 7) is 1.54. The van der Waals surface area contributed by atoms with Crippen LogP contribution in [-0.4, -0.2) is 43.9 Å². The molecule has 1 aromatic heterocycles. The van der Waals surface area contributed by atoms with Gasteiger partial charge in [0.2, 0.25) is 10.0 Å². The fourth-order valence-electron chi connectivity index (χ4n) is 1.22. The van der Waals surface area contributed by atoms with Crippen molar-refractivity contribution in [2.45, 2.75) is 11.8 Å². The van der Waals surface area contributed by atoms with Crippen LogP contribution >= 0.6 is 0 Å². The van der Waals surface area contributed by atoms with Crippen molar-refractivity contribution in [1.82, 2.24) is 9.29 Å². The second-order valence-electron chi connectivity index (χ2n) is 3.20. The first-order chi connectivity index (χ1) is 8.02. The molecule has 1 rings (SSSR count). The third-order valence-electron chi connectivity index (χ3n) is 2.16. The van der Waals surface area contributed by atoms with E-state index in [1.165, 1.54) is 31.6 Å². The topological polar surface area (TPSA) is 76.6 Å². The maximum absolute atomic E-state index is 12.1. The third kappa shape index (κ3) is 3.24. The molecule has 0 radical (unpaired) electrons. The van der Waals surface area contributed by atoms with Crippen LogP contribution in [0.25, 0.3) is 0 Å². The number of nitrogens with zero attached hydrogens (tertiary/aromatic N) is 2. The van der Waals surface area contributed by atoms with Crippen LogP contribution in [0.4, 0.5) is 0 Å². The minimum absolute atomic E-state index is 0.0609. The average molecular weight is 258 g/mol. The number of hydrogen-bond acceptors (Lipinski definition) is 5. The molecule has 0 saturated carbocycles. The summed E-state index contributed by atoms with van der Waals surface area (Å²) in [6, 6.07) is 2.96. The van der Waals surface area contributed by atoms with Gasteiger partial charge in [0, 0.05) is 18.9 Å². The van der Waals surface area contributed by atoms with E-state index in [-0.39, 0.29) is 18.0 Å². The van der Waals surface area contributed by atoms with Crippen LogP contribution in [0.2, 0.25) is 0 Å². The molecule has 0 amide bonds. The van der Waals surface area contributed by atoms with Crippen LogP contribution in [0.5, 0.6) is 0 Å². The molecule has 0 saturated heterocycles. The molecular weight excluding hydrogens is 244 g/mol. The van der Waals surface area contributed by atoms with Gasteiger partial charge in [-0.2, -0.15) is 4.31 Å². The Morgan fingerprint density at radius 3 is 2.71 bits per heavy atom. The van der Waals surface area contributed by atoms with Crippen molar-refractivity contribution in [3.63, 3.8) is 0 Å². The zero-order chi connectivity index (χ0) is 12.9. The standard InChI is InChI=1S/C10H14N2O4S/c1-3-12(8-10(13)16-2)17(14,15)9-5-4-6-11-7-9/h4-7H,3,8H2,1-2H3. The van der Waals surface area contributed by atoms with E-state index in [9.17, 15) is 13.2 Å². The highest BCUT2D eigenvalue weighted by Gasteiger charge is 2.25. The normalized spacial score (nSPS) is 11.5. The first-order valence-electron chi connectivity index (χ1n) is 4.99. The second kappa shape index (κ2) is 5.74. The van der Waals surface area contributed by atoms with Gasteiger partial charge in [-0.15, -0.1) is 0 Å². The van der Waals surface area contributed by atoms with Crippen molar-refractivity contribution in [1.29, 1.82) is 0 Å². The van der Waals surface area contributed by atoms with E-state index >= 15 is 0 Å². The fourth-order valence-corrected chi connectivity index (χ4v) is 2.58. The van der Waals surface area contributed by atoms with Gasteiger partial charge in [-0.1, -0.05) is 6.92 Å². The summed E-state index contributed by atoms with van der Waals surface area (Å²) in [5, 5.41) is 0. The molecule has 7 heteroatoms. The van der Waals surface area contributed by atoms with Crippen LogP contribution in [0.1, 0.15) is 6.92 Å². The quantitative estimate of drug-likeness (QED) is 0.708. The first-order valence-corrected chi connectivity index (χ1v) is 6.43. The van der Waals surface area contributed by atoms with Crippen molar-refractivity contribution in [3.8, 4) is 0 Å². The van der Waals surface area contributed by atoms with E-state index in [0.717, 1.165) is 4.31 Å². The van der Waals surface area contributed by atoms with Crippen molar-refractivity contribution in [3.05, 3.63) is 24.5 Å². The van der Waals surface area contributed by atoms with Gasteiger partial charge in [0.1, 0.15) is 11.4 Å². The number of ether oxygens (including phenoxy) is 1. The Bertz CT molecular complexity index is 472. The Labute approximate surface area is 100 Å². The lowest BCUT2D eigenvalue weighted by Gasteiger charge is -2.18. The Morgan fingerprint density at radius 2 is 2.24 bits per heavy atom. The summed E-state index contributed by atoms with van der Waals surface area (Å²) < 4.78 is 29.7. The molecule has 94 valence electrons. The van der Waals surface area contributed by atoms with Crippen LogP contribution in [-0.2, 0) is 19.6 Å². The van der Waals surface area contributed by atoms with Gasteiger partial charge in [-0.05, 0) is 12.1 Å². The number of sulfonamides is 1. The van der Waals surface area contributed by atoms with E-state index < -0.39 is 16.0 Å². The zero-order valence-corrected chi connectivity index (χ0v) is 10.5. The number of carbonyl (C=O) groups is 1. The molecule has 0 aliphatic rings. The summed E-state index contributed by atoms with van der Waals surface area (Å²) in [4.78, 5) is 14.9. The highest BCUT2D eigenvalue weighted by molar-refractivity contribution is 7.89. The monoisotopic (exact) mass is 258 g/mol. The average Bonchev–Trinajstić information content (AvgIpc) is 2.36. The highest BCUT2D eigenvalue weighted by atomic mass is 32.2. The zero-order valence-electron chi connectivity index (χ0n) is 9.66. The van der Waals surface area contributed by atoms with Gasteiger partial charge in [-0.3, -0.25) is 9.78 Å². The van der Waals surface area contributed by atoms with E-state index in [0.29, 0.717) is 0 Å². The molecule has 0 aromatic carbocycles. The lowest BCUT2D eigenvalue weighted by molar-refractivity contribution is -0.140. The molecule has 1 aromatic rings. The number of aromatic nitrogens is 1. The minimum Gasteiger partial charge on any atom is -0.468 e. The van der Waals surface area contributed by atoms with E-state index in [2.05, 4.69) is 9.72 Å². The van der Waals surface area contributed by atoms with E-state index in [4.69, 9.17) is 0 Å². The molecule has 17 heavy (non-hydrogen) atoms. The van der Waals surface area contributed by atoms with Crippen LogP contribution < -0.4 is 0 Å². The number of rotatable bonds is 5. The molecule has 0 aliphatic carbocycles. The predicted octanol–water partition coefficient (Wildman–Crippen LogP) is 0.265. The lowest BCUT2D eigenvalue weighted by Crippen LogP contribution is -2.36. The molecular formula is C10H14N2O4S. The van der Waals surface area contributed by atoms with Crippen LogP contribution in [0, 0.1) is 0 Å². The Morgan fingerprint density at radius 1 is 1.53 bits per heavy atom. The fraction of sp³-hybridized carbons (Fsp3) is 0.400. The van der Waals surface area contributed by atoms with Gasteiger partial charge in [0.15, 0.2) is 0 Å². The summed E-state index contributed by atoms with van der Waals surface area (Å²) >= 11 is 0. The van der Waals surface area contributed by atoms with Gasteiger partial charge < -0.3 is 4.74 Å². The smallest absolute Gasteiger partial charge is 0.321 e. The van der Waals surface area contributed by atoms with Crippen molar-refractivity contribution < 1.29 is 17.9 Å². The Kier molecular flexibility index (Phi) is 4.59. The maximum atomic E-state index is 12.1. The van der Waals surface area contributed by atoms with E-state index in [1.54, 1.807) is 6.92 Å². The molecule has 0 spiro atoms. The highest BCUT2D eigenvalue weighted by Crippen LogP contribution is 2.13. The SMILES string of the molecule is CCN(CC(=O)OC)S(=O)(=O)c1cccnc1. The molecule has 0 N–H and O–H groups in total. The third-order valence-corrected chi connectivity index (χ3v) is 4.06. The number of carbonyl (C=O) groups excluding carboxylic acids is 1. The summed E-state index contributed by atoms with van der Waals surface area (Å²) in [6.07, 6.45) is 2.73. The molecule has 0 bridgehead atoms. The Hall–Kier alpha value is -1.47. The van der Waals surface area contributed by atoms with Crippen molar-refractivity contribution in [2.24, 2.45) is 0 Å². The van der Waals surface area contributed by atoms with Crippen LogP contribution in [0.3, 0.4) is 0 Å². The summed E-state index contributed by atoms with van der Waals surface area (Å²) in [7, 11) is -2.47. The molecule has 0 atom stereocenters. The van der Waals surface area contributed by atoms with E-state index in [1.807, 2.05) is 0 Å². The lowest BCUT2D eigenvalue weighted by atomic mass is 10.5. The van der Waals surface area contributed by atoms with Gasteiger partial charge in [0.05, 0.1) is 7.11 Å². The molecule has 0 fully saturated rings. The van der Waals surface area contributed by atoms with Gasteiger partial charge in [0.25, 0.3) is 0 Å². The Balaban J connectivity index is 2.99. The van der Waals surface area contributed by atoms with Crippen LogP contribution in [0.15, 0.2) is 29.4 Å². The second-order valence-corrected chi connectivity index (χ2v) is 5.13. The first kappa shape index (κ1) is 13.6. The van der Waals surface area contributed by atoms with Gasteiger partial charge in [-0.25, -0.2) is 8.42 Å². The number of esters is 1. The molecule has 0 aliphatic heterocycles. The molecule has 1 heterocycles. The molecule has 0 unspecified atom stereocenters. The minimum atomic E-state index is -3.69. The summed E-state index contributed by atoms with van der Waals surface area (Å²) in [5.41, 5.74) is 0. The number of likely N-dealkylation sites (N-methyl/N-ethyl adjacent to an activating group) is 1. The largest absolute Gasteiger partial charge is 0.468 e. The number of methoxy groups -OCH3 is 1. The number of pyridine rings is 1. The van der Waals surface area contributed by atoms with Crippen molar-refractivity contribution in [2.75, 3.05) is 20.2 Å². The van der Waals surface area contributed by atoms with Gasteiger partial charge >= 0.3 is 5.97 Å². The predicted molar refractivity (Wildman–Crippen MR) is 60.7 cm³/mol. The summed E-state index contributed by atoms with van der Waals surface area (Å²) in [5.74, 6) is -0.598.